The number of carbonyl (C=O) groups excluding carboxylic acids is 1. The number of halogens is 1. The Bertz CT molecular complexity index is 1020. The number of ether oxygens (including phenoxy) is 1. The van der Waals surface area contributed by atoms with Gasteiger partial charge in [-0.3, -0.25) is 0 Å². The maximum Gasteiger partial charge on any atom is 0.409 e. The van der Waals surface area contributed by atoms with E-state index < -0.39 is 0 Å². The van der Waals surface area contributed by atoms with Crippen molar-refractivity contribution in [3.63, 3.8) is 0 Å². The van der Waals surface area contributed by atoms with E-state index in [-0.39, 0.29) is 6.09 Å². The van der Waals surface area contributed by atoms with Gasteiger partial charge in [0.25, 0.3) is 0 Å². The van der Waals surface area contributed by atoms with E-state index in [1.807, 2.05) is 55.5 Å². The molecule has 0 bridgehead atoms. The Hall–Kier alpha value is -2.86. The van der Waals surface area contributed by atoms with Crippen molar-refractivity contribution < 1.29 is 9.53 Å². The van der Waals surface area contributed by atoms with Crippen molar-refractivity contribution in [2.45, 2.75) is 13.3 Å². The molecule has 7 heteroatoms. The minimum absolute atomic E-state index is 0.240. The van der Waals surface area contributed by atoms with Gasteiger partial charge in [0.2, 0.25) is 0 Å². The fraction of sp³-hybridized carbons (Fsp3) is 0.318. The van der Waals surface area contributed by atoms with Crippen LogP contribution in [0.25, 0.3) is 22.3 Å². The largest absolute Gasteiger partial charge is 0.449 e. The molecular weight excluding hydrogens is 388 g/mol. The minimum Gasteiger partial charge on any atom is -0.449 e. The quantitative estimate of drug-likeness (QED) is 0.628. The molecule has 1 aliphatic rings. The van der Waals surface area contributed by atoms with Crippen LogP contribution in [0.4, 0.5) is 10.6 Å². The Morgan fingerprint density at radius 3 is 2.52 bits per heavy atom. The fourth-order valence-corrected chi connectivity index (χ4v) is 3.67. The maximum atomic E-state index is 12.1. The number of hydrogen-bond acceptors (Lipinski definition) is 5. The number of rotatable bonds is 4. The smallest absolute Gasteiger partial charge is 0.409 e. The summed E-state index contributed by atoms with van der Waals surface area (Å²) in [7, 11) is 0. The summed E-state index contributed by atoms with van der Waals surface area (Å²) in [5, 5.41) is 1.61. The van der Waals surface area contributed by atoms with Crippen LogP contribution in [0.3, 0.4) is 0 Å². The first-order chi connectivity index (χ1) is 14.2. The van der Waals surface area contributed by atoms with Crippen LogP contribution in [0, 0.1) is 0 Å². The van der Waals surface area contributed by atoms with Gasteiger partial charge in [0.1, 0.15) is 5.82 Å². The van der Waals surface area contributed by atoms with Crippen molar-refractivity contribution in [3.05, 3.63) is 53.6 Å². The van der Waals surface area contributed by atoms with Gasteiger partial charge in [0.05, 0.1) is 17.1 Å². The molecule has 0 unspecified atom stereocenters. The SMILES string of the molecule is CCCOC(=O)N1CCN(c2nc(-c3ccccc3Cl)nc3ccccc23)CC1. The number of carbonyl (C=O) groups is 1. The lowest BCUT2D eigenvalue weighted by Crippen LogP contribution is -2.49. The third-order valence-electron chi connectivity index (χ3n) is 4.96. The summed E-state index contributed by atoms with van der Waals surface area (Å²) in [6.45, 7) is 5.01. The highest BCUT2D eigenvalue weighted by atomic mass is 35.5. The van der Waals surface area contributed by atoms with E-state index in [0.717, 1.165) is 28.7 Å². The highest BCUT2D eigenvalue weighted by molar-refractivity contribution is 6.33. The van der Waals surface area contributed by atoms with Gasteiger partial charge in [-0.2, -0.15) is 0 Å². The van der Waals surface area contributed by atoms with Crippen molar-refractivity contribution in [2.24, 2.45) is 0 Å². The van der Waals surface area contributed by atoms with Gasteiger partial charge in [0.15, 0.2) is 5.82 Å². The van der Waals surface area contributed by atoms with E-state index in [2.05, 4.69) is 4.90 Å². The summed E-state index contributed by atoms with van der Waals surface area (Å²) in [5.74, 6) is 1.47. The van der Waals surface area contributed by atoms with Gasteiger partial charge in [-0.05, 0) is 30.7 Å². The molecule has 0 saturated carbocycles. The van der Waals surface area contributed by atoms with E-state index >= 15 is 0 Å². The summed E-state index contributed by atoms with van der Waals surface area (Å²) in [6.07, 6.45) is 0.583. The monoisotopic (exact) mass is 410 g/mol. The Morgan fingerprint density at radius 2 is 1.76 bits per heavy atom. The molecule has 3 aromatic rings. The highest BCUT2D eigenvalue weighted by Crippen LogP contribution is 2.31. The van der Waals surface area contributed by atoms with Crippen LogP contribution in [0.5, 0.6) is 0 Å². The average molecular weight is 411 g/mol. The molecular formula is C22H23ClN4O2. The second-order valence-electron chi connectivity index (χ2n) is 6.96. The van der Waals surface area contributed by atoms with E-state index in [9.17, 15) is 4.79 Å². The molecule has 4 rings (SSSR count). The molecule has 1 aliphatic heterocycles. The van der Waals surface area contributed by atoms with Gasteiger partial charge in [-0.25, -0.2) is 14.8 Å². The van der Waals surface area contributed by atoms with Crippen molar-refractivity contribution in [1.29, 1.82) is 0 Å². The van der Waals surface area contributed by atoms with Crippen LogP contribution >= 0.6 is 11.6 Å². The first kappa shape index (κ1) is 19.5. The van der Waals surface area contributed by atoms with E-state index in [1.165, 1.54) is 0 Å². The van der Waals surface area contributed by atoms with Crippen LogP contribution in [-0.4, -0.2) is 53.7 Å². The highest BCUT2D eigenvalue weighted by Gasteiger charge is 2.24. The van der Waals surface area contributed by atoms with E-state index in [0.29, 0.717) is 43.6 Å². The van der Waals surface area contributed by atoms with E-state index in [1.54, 1.807) is 4.90 Å². The number of benzene rings is 2. The molecule has 1 saturated heterocycles. The van der Waals surface area contributed by atoms with Crippen molar-refractivity contribution in [3.8, 4) is 11.4 Å². The van der Waals surface area contributed by atoms with Gasteiger partial charge < -0.3 is 14.5 Å². The summed E-state index contributed by atoms with van der Waals surface area (Å²) < 4.78 is 5.26. The normalized spacial score (nSPS) is 14.3. The number of aromatic nitrogens is 2. The van der Waals surface area contributed by atoms with Crippen LogP contribution in [0.1, 0.15) is 13.3 Å². The third-order valence-corrected chi connectivity index (χ3v) is 5.29. The summed E-state index contributed by atoms with van der Waals surface area (Å²) >= 11 is 6.39. The Labute approximate surface area is 175 Å². The van der Waals surface area contributed by atoms with Gasteiger partial charge in [0, 0.05) is 37.1 Å². The Balaban J connectivity index is 1.64. The lowest BCUT2D eigenvalue weighted by Gasteiger charge is -2.35. The molecule has 1 fully saturated rings. The number of piperazine rings is 1. The molecule has 0 radical (unpaired) electrons. The number of nitrogens with zero attached hydrogens (tertiary/aromatic N) is 4. The van der Waals surface area contributed by atoms with Crippen LogP contribution in [0.15, 0.2) is 48.5 Å². The molecule has 1 amide bonds. The number of anilines is 1. The molecule has 1 aromatic heterocycles. The number of amides is 1. The zero-order valence-corrected chi connectivity index (χ0v) is 17.1. The molecule has 29 heavy (non-hydrogen) atoms. The lowest BCUT2D eigenvalue weighted by molar-refractivity contribution is 0.100. The van der Waals surface area contributed by atoms with E-state index in [4.69, 9.17) is 26.3 Å². The standard InChI is InChI=1S/C22H23ClN4O2/c1-2-15-29-22(28)27-13-11-26(12-14-27)21-17-8-4-6-10-19(17)24-20(25-21)16-7-3-5-9-18(16)23/h3-10H,2,11-15H2,1H3. The fourth-order valence-electron chi connectivity index (χ4n) is 3.45. The Morgan fingerprint density at radius 1 is 1.03 bits per heavy atom. The van der Waals surface area contributed by atoms with Crippen molar-refractivity contribution in [2.75, 3.05) is 37.7 Å². The maximum absolute atomic E-state index is 12.1. The summed E-state index contributed by atoms with van der Waals surface area (Å²) in [5.41, 5.74) is 1.68. The Kier molecular flexibility index (Phi) is 5.81. The molecule has 2 heterocycles. The first-order valence-corrected chi connectivity index (χ1v) is 10.2. The molecule has 2 aromatic carbocycles. The minimum atomic E-state index is -0.240. The van der Waals surface area contributed by atoms with Crippen LogP contribution < -0.4 is 4.90 Å². The summed E-state index contributed by atoms with van der Waals surface area (Å²) in [4.78, 5) is 25.7. The average Bonchev–Trinajstić information content (AvgIpc) is 2.77. The molecule has 0 aliphatic carbocycles. The predicted molar refractivity (Wildman–Crippen MR) is 115 cm³/mol. The molecule has 0 atom stereocenters. The lowest BCUT2D eigenvalue weighted by atomic mass is 10.1. The van der Waals surface area contributed by atoms with Crippen molar-refractivity contribution in [1.82, 2.24) is 14.9 Å². The zero-order valence-electron chi connectivity index (χ0n) is 16.3. The molecule has 150 valence electrons. The topological polar surface area (TPSA) is 58.6 Å². The number of fused-ring (bicyclic) bond motifs is 1. The zero-order chi connectivity index (χ0) is 20.2. The first-order valence-electron chi connectivity index (χ1n) is 9.85. The van der Waals surface area contributed by atoms with Gasteiger partial charge >= 0.3 is 6.09 Å². The third kappa shape index (κ3) is 4.12. The molecule has 0 spiro atoms. The van der Waals surface area contributed by atoms with Crippen LogP contribution in [0.2, 0.25) is 5.02 Å². The summed E-state index contributed by atoms with van der Waals surface area (Å²) in [6, 6.07) is 15.6. The van der Waals surface area contributed by atoms with Gasteiger partial charge in [-0.1, -0.05) is 42.8 Å². The van der Waals surface area contributed by atoms with Crippen LogP contribution in [-0.2, 0) is 4.74 Å². The second kappa shape index (κ2) is 8.66. The van der Waals surface area contributed by atoms with Crippen molar-refractivity contribution >= 4 is 34.4 Å². The second-order valence-corrected chi connectivity index (χ2v) is 7.36. The van der Waals surface area contributed by atoms with Gasteiger partial charge in [-0.15, -0.1) is 0 Å². The molecule has 0 N–H and O–H groups in total. The predicted octanol–water partition coefficient (Wildman–Crippen LogP) is 4.62. The molecule has 6 nitrogen and oxygen atoms in total. The number of para-hydroxylation sites is 1. The number of hydrogen-bond donors (Lipinski definition) is 0.